The molecule has 0 radical (unpaired) electrons. The Labute approximate surface area is 180 Å². The SMILES string of the molecule is CC(C)n1cnc(C=Cc2csc(NC(=O)c3cccn3CC3CCOCC3)n2)c1. The summed E-state index contributed by atoms with van der Waals surface area (Å²) >= 11 is 1.42. The number of imidazole rings is 1. The van der Waals surface area contributed by atoms with Crippen LogP contribution in [-0.4, -0.2) is 38.2 Å². The Kier molecular flexibility index (Phi) is 6.44. The average molecular weight is 426 g/mol. The Morgan fingerprint density at radius 2 is 2.13 bits per heavy atom. The number of aromatic nitrogens is 4. The van der Waals surface area contributed by atoms with Crippen molar-refractivity contribution < 1.29 is 9.53 Å². The lowest BCUT2D eigenvalue weighted by Gasteiger charge is -2.23. The molecule has 0 aromatic carbocycles. The van der Waals surface area contributed by atoms with E-state index < -0.39 is 0 Å². The highest BCUT2D eigenvalue weighted by Gasteiger charge is 2.18. The summed E-state index contributed by atoms with van der Waals surface area (Å²) < 4.78 is 9.52. The Bertz CT molecular complexity index is 1010. The predicted molar refractivity (Wildman–Crippen MR) is 120 cm³/mol. The second kappa shape index (κ2) is 9.40. The van der Waals surface area contributed by atoms with Gasteiger partial charge in [0.15, 0.2) is 5.13 Å². The minimum Gasteiger partial charge on any atom is -0.381 e. The van der Waals surface area contributed by atoms with Gasteiger partial charge in [0.25, 0.3) is 5.91 Å². The topological polar surface area (TPSA) is 74.0 Å². The van der Waals surface area contributed by atoms with Gasteiger partial charge >= 0.3 is 0 Å². The highest BCUT2D eigenvalue weighted by atomic mass is 32.1. The fourth-order valence-corrected chi connectivity index (χ4v) is 4.13. The summed E-state index contributed by atoms with van der Waals surface area (Å²) in [5.74, 6) is 0.418. The third kappa shape index (κ3) is 5.06. The van der Waals surface area contributed by atoms with E-state index in [9.17, 15) is 4.79 Å². The fraction of sp³-hybridized carbons (Fsp3) is 0.409. The van der Waals surface area contributed by atoms with Crippen molar-refractivity contribution in [3.05, 3.63) is 53.3 Å². The van der Waals surface area contributed by atoms with E-state index in [0.717, 1.165) is 44.0 Å². The quantitative estimate of drug-likeness (QED) is 0.602. The molecule has 0 aliphatic carbocycles. The molecule has 1 N–H and O–H groups in total. The fourth-order valence-electron chi connectivity index (χ4n) is 3.46. The van der Waals surface area contributed by atoms with E-state index in [4.69, 9.17) is 4.74 Å². The van der Waals surface area contributed by atoms with Gasteiger partial charge in [-0.15, -0.1) is 11.3 Å². The molecular formula is C22H27N5O2S. The zero-order valence-electron chi connectivity index (χ0n) is 17.3. The van der Waals surface area contributed by atoms with E-state index >= 15 is 0 Å². The second-order valence-corrected chi connectivity index (χ2v) is 8.66. The van der Waals surface area contributed by atoms with Crippen LogP contribution in [0, 0.1) is 5.92 Å². The van der Waals surface area contributed by atoms with Gasteiger partial charge in [0.2, 0.25) is 0 Å². The highest BCUT2D eigenvalue weighted by molar-refractivity contribution is 7.14. The van der Waals surface area contributed by atoms with Crippen molar-refractivity contribution >= 4 is 34.5 Å². The largest absolute Gasteiger partial charge is 0.381 e. The molecule has 1 saturated heterocycles. The third-order valence-corrected chi connectivity index (χ3v) is 6.02. The van der Waals surface area contributed by atoms with Crippen LogP contribution in [0.2, 0.25) is 0 Å². The first-order valence-electron chi connectivity index (χ1n) is 10.3. The van der Waals surface area contributed by atoms with Crippen LogP contribution < -0.4 is 5.32 Å². The summed E-state index contributed by atoms with van der Waals surface area (Å²) in [4.78, 5) is 21.6. The maximum atomic E-state index is 12.8. The minimum atomic E-state index is -0.132. The number of carbonyl (C=O) groups excluding carboxylic acids is 1. The molecule has 3 aromatic rings. The maximum absolute atomic E-state index is 12.8. The average Bonchev–Trinajstić information content (AvgIpc) is 3.48. The number of carbonyl (C=O) groups is 1. The van der Waals surface area contributed by atoms with Crippen molar-refractivity contribution in [3.8, 4) is 0 Å². The van der Waals surface area contributed by atoms with Crippen LogP contribution in [0.4, 0.5) is 5.13 Å². The molecule has 7 nitrogen and oxygen atoms in total. The summed E-state index contributed by atoms with van der Waals surface area (Å²) in [7, 11) is 0. The Balaban J connectivity index is 1.37. The zero-order valence-corrected chi connectivity index (χ0v) is 18.1. The molecule has 1 aliphatic heterocycles. The van der Waals surface area contributed by atoms with Crippen LogP contribution in [0.5, 0.6) is 0 Å². The summed E-state index contributed by atoms with van der Waals surface area (Å²) in [6, 6.07) is 4.15. The first-order valence-corrected chi connectivity index (χ1v) is 11.2. The van der Waals surface area contributed by atoms with Crippen molar-refractivity contribution in [2.75, 3.05) is 18.5 Å². The van der Waals surface area contributed by atoms with E-state index in [-0.39, 0.29) is 5.91 Å². The number of hydrogen-bond donors (Lipinski definition) is 1. The lowest BCUT2D eigenvalue weighted by atomic mass is 10.0. The first-order chi connectivity index (χ1) is 14.6. The Hall–Kier alpha value is -2.71. The maximum Gasteiger partial charge on any atom is 0.274 e. The lowest BCUT2D eigenvalue weighted by molar-refractivity contribution is 0.0610. The standard InChI is InChI=1S/C22H27N5O2S/c1-16(2)27-13-18(23-15-27)5-6-19-14-30-22(24-19)25-21(28)20-4-3-9-26(20)12-17-7-10-29-11-8-17/h3-6,9,13-17H,7-8,10-12H2,1-2H3,(H,24,25,28). The Morgan fingerprint density at radius 3 is 2.90 bits per heavy atom. The van der Waals surface area contributed by atoms with Crippen LogP contribution in [0.15, 0.2) is 36.2 Å². The number of ether oxygens (including phenoxy) is 1. The minimum absolute atomic E-state index is 0.132. The first kappa shape index (κ1) is 20.6. The van der Waals surface area contributed by atoms with E-state index in [1.54, 1.807) is 0 Å². The number of anilines is 1. The summed E-state index contributed by atoms with van der Waals surface area (Å²) in [5.41, 5.74) is 2.34. The van der Waals surface area contributed by atoms with Crippen molar-refractivity contribution in [1.82, 2.24) is 19.1 Å². The number of nitrogens with one attached hydrogen (secondary N) is 1. The summed E-state index contributed by atoms with van der Waals surface area (Å²) in [5, 5.41) is 5.44. The van der Waals surface area contributed by atoms with E-state index in [1.807, 2.05) is 53.0 Å². The lowest BCUT2D eigenvalue weighted by Crippen LogP contribution is -2.23. The van der Waals surface area contributed by atoms with Crippen molar-refractivity contribution in [3.63, 3.8) is 0 Å². The predicted octanol–water partition coefficient (Wildman–Crippen LogP) is 4.57. The number of amides is 1. The van der Waals surface area contributed by atoms with Crippen LogP contribution in [0.1, 0.15) is 54.6 Å². The smallest absolute Gasteiger partial charge is 0.274 e. The van der Waals surface area contributed by atoms with Crippen LogP contribution in [0.25, 0.3) is 12.2 Å². The molecule has 1 aliphatic rings. The second-order valence-electron chi connectivity index (χ2n) is 7.81. The molecule has 0 spiro atoms. The van der Waals surface area contributed by atoms with Crippen LogP contribution >= 0.6 is 11.3 Å². The van der Waals surface area contributed by atoms with Crippen LogP contribution in [0.3, 0.4) is 0 Å². The molecule has 158 valence electrons. The van der Waals surface area contributed by atoms with E-state index in [2.05, 4.69) is 33.7 Å². The van der Waals surface area contributed by atoms with Gasteiger partial charge in [0.05, 0.1) is 17.7 Å². The van der Waals surface area contributed by atoms with Gasteiger partial charge in [-0.25, -0.2) is 9.97 Å². The number of thiazole rings is 1. The molecule has 1 fully saturated rings. The van der Waals surface area contributed by atoms with E-state index in [0.29, 0.717) is 22.8 Å². The van der Waals surface area contributed by atoms with Gasteiger partial charge in [-0.05, 0) is 56.9 Å². The normalized spacial score (nSPS) is 15.3. The molecule has 0 atom stereocenters. The molecule has 3 aromatic heterocycles. The number of hydrogen-bond acceptors (Lipinski definition) is 5. The number of rotatable bonds is 7. The molecule has 30 heavy (non-hydrogen) atoms. The molecule has 8 heteroatoms. The summed E-state index contributed by atoms with van der Waals surface area (Å²) in [6.07, 6.45) is 11.7. The van der Waals surface area contributed by atoms with Gasteiger partial charge < -0.3 is 13.9 Å². The molecular weight excluding hydrogens is 398 g/mol. The van der Waals surface area contributed by atoms with Crippen molar-refractivity contribution in [2.45, 2.75) is 39.3 Å². The van der Waals surface area contributed by atoms with Gasteiger partial charge in [-0.1, -0.05) is 0 Å². The highest BCUT2D eigenvalue weighted by Crippen LogP contribution is 2.21. The molecule has 4 rings (SSSR count). The van der Waals surface area contributed by atoms with E-state index in [1.165, 1.54) is 11.3 Å². The van der Waals surface area contributed by atoms with Crippen molar-refractivity contribution in [2.24, 2.45) is 5.92 Å². The van der Waals surface area contributed by atoms with Gasteiger partial charge in [0.1, 0.15) is 5.69 Å². The van der Waals surface area contributed by atoms with Gasteiger partial charge in [-0.3, -0.25) is 10.1 Å². The molecule has 0 unspecified atom stereocenters. The zero-order chi connectivity index (χ0) is 20.9. The third-order valence-electron chi connectivity index (χ3n) is 5.24. The molecule has 0 bridgehead atoms. The van der Waals surface area contributed by atoms with Gasteiger partial charge in [-0.2, -0.15) is 0 Å². The molecule has 4 heterocycles. The Morgan fingerprint density at radius 1 is 1.33 bits per heavy atom. The van der Waals surface area contributed by atoms with Crippen LogP contribution in [-0.2, 0) is 11.3 Å². The van der Waals surface area contributed by atoms with Gasteiger partial charge in [0, 0.05) is 43.6 Å². The number of nitrogens with zero attached hydrogens (tertiary/aromatic N) is 4. The monoisotopic (exact) mass is 425 g/mol. The van der Waals surface area contributed by atoms with Crippen molar-refractivity contribution in [1.29, 1.82) is 0 Å². The molecule has 0 saturated carbocycles. The summed E-state index contributed by atoms with van der Waals surface area (Å²) in [6.45, 7) is 6.68. The molecule has 1 amide bonds.